The van der Waals surface area contributed by atoms with Gasteiger partial charge in [-0.25, -0.2) is 4.79 Å². The van der Waals surface area contributed by atoms with Crippen molar-refractivity contribution in [2.24, 2.45) is 0 Å². The van der Waals surface area contributed by atoms with E-state index in [1.807, 2.05) is 0 Å². The fourth-order valence-corrected chi connectivity index (χ4v) is 2.46. The van der Waals surface area contributed by atoms with Crippen molar-refractivity contribution in [1.29, 1.82) is 0 Å². The first kappa shape index (κ1) is 17.5. The number of aliphatic carboxylic acids is 1. The summed E-state index contributed by atoms with van der Waals surface area (Å²) in [7, 11) is 0. The van der Waals surface area contributed by atoms with Gasteiger partial charge in [-0.15, -0.1) is 0 Å². The number of carbonyl (C=O) groups is 2. The predicted octanol–water partition coefficient (Wildman–Crippen LogP) is 0.386. The standard InChI is InChI=1S/C17H19NO6/c1-10-12-5-4-11(19)9-14(12)24-17(23)13(10)6-7-15(20)18-8-2-3-16(21)22/h4-5,9,19H,2-3,6-8H2,1H3,(H,18,20)(H,21,22)/p-1. The van der Waals surface area contributed by atoms with Gasteiger partial charge in [0.2, 0.25) is 5.91 Å². The Bertz CT molecular complexity index is 824. The van der Waals surface area contributed by atoms with Crippen LogP contribution in [0.3, 0.4) is 0 Å². The molecular formula is C17H18NO6-. The minimum Gasteiger partial charge on any atom is -0.550 e. The van der Waals surface area contributed by atoms with Crippen LogP contribution in [-0.2, 0) is 16.0 Å². The molecule has 0 aliphatic heterocycles. The molecule has 2 aromatic rings. The van der Waals surface area contributed by atoms with Crippen LogP contribution in [-0.4, -0.2) is 23.5 Å². The van der Waals surface area contributed by atoms with E-state index in [1.54, 1.807) is 13.0 Å². The van der Waals surface area contributed by atoms with Crippen molar-refractivity contribution in [3.63, 3.8) is 0 Å². The number of fused-ring (bicyclic) bond motifs is 1. The second-order valence-electron chi connectivity index (χ2n) is 5.50. The van der Waals surface area contributed by atoms with Crippen LogP contribution >= 0.6 is 0 Å². The lowest BCUT2D eigenvalue weighted by Gasteiger charge is -2.09. The number of carboxylic acids is 1. The number of aryl methyl sites for hydroxylation is 1. The van der Waals surface area contributed by atoms with E-state index in [9.17, 15) is 24.6 Å². The van der Waals surface area contributed by atoms with Crippen molar-refractivity contribution < 1.29 is 24.2 Å². The van der Waals surface area contributed by atoms with E-state index in [-0.39, 0.29) is 37.5 Å². The Hall–Kier alpha value is -2.83. The number of carboxylic acid groups (broad SMARTS) is 1. The first-order valence-electron chi connectivity index (χ1n) is 7.60. The third-order valence-electron chi connectivity index (χ3n) is 3.75. The Kier molecular flexibility index (Phi) is 5.57. The molecule has 0 saturated carbocycles. The first-order chi connectivity index (χ1) is 11.4. The fraction of sp³-hybridized carbons (Fsp3) is 0.353. The smallest absolute Gasteiger partial charge is 0.339 e. The summed E-state index contributed by atoms with van der Waals surface area (Å²) >= 11 is 0. The molecule has 7 heteroatoms. The maximum Gasteiger partial charge on any atom is 0.339 e. The minimum absolute atomic E-state index is 0.00809. The first-order valence-corrected chi connectivity index (χ1v) is 7.60. The SMILES string of the molecule is Cc1c(CCC(=O)NCCCC(=O)[O-])c(=O)oc2cc(O)ccc12. The lowest BCUT2D eigenvalue weighted by molar-refractivity contribution is -0.305. The highest BCUT2D eigenvalue weighted by molar-refractivity contribution is 5.82. The van der Waals surface area contributed by atoms with Gasteiger partial charge >= 0.3 is 5.63 Å². The molecule has 7 nitrogen and oxygen atoms in total. The maximum absolute atomic E-state index is 12.1. The lowest BCUT2D eigenvalue weighted by Crippen LogP contribution is -2.28. The molecule has 128 valence electrons. The summed E-state index contributed by atoms with van der Waals surface area (Å²) in [6.07, 6.45) is 0.507. The van der Waals surface area contributed by atoms with E-state index >= 15 is 0 Å². The summed E-state index contributed by atoms with van der Waals surface area (Å²) in [5.41, 5.74) is 0.896. The maximum atomic E-state index is 12.1. The summed E-state index contributed by atoms with van der Waals surface area (Å²) in [4.78, 5) is 34.1. The molecule has 0 fully saturated rings. The van der Waals surface area contributed by atoms with Gasteiger partial charge in [0, 0.05) is 36.0 Å². The molecule has 24 heavy (non-hydrogen) atoms. The van der Waals surface area contributed by atoms with E-state index in [4.69, 9.17) is 4.42 Å². The van der Waals surface area contributed by atoms with Crippen molar-refractivity contribution >= 4 is 22.8 Å². The molecule has 0 atom stereocenters. The van der Waals surface area contributed by atoms with Gasteiger partial charge in [-0.1, -0.05) is 0 Å². The molecule has 1 amide bonds. The van der Waals surface area contributed by atoms with Crippen molar-refractivity contribution in [3.8, 4) is 5.75 Å². The molecule has 0 spiro atoms. The average molecular weight is 332 g/mol. The van der Waals surface area contributed by atoms with Crippen molar-refractivity contribution in [3.05, 3.63) is 39.7 Å². The molecule has 0 saturated heterocycles. The second-order valence-corrected chi connectivity index (χ2v) is 5.50. The van der Waals surface area contributed by atoms with E-state index in [1.165, 1.54) is 12.1 Å². The Morgan fingerprint density at radius 1 is 1.29 bits per heavy atom. The van der Waals surface area contributed by atoms with Crippen LogP contribution in [0.25, 0.3) is 11.0 Å². The molecule has 0 bridgehead atoms. The molecule has 1 heterocycles. The van der Waals surface area contributed by atoms with Gasteiger partial charge in [-0.2, -0.15) is 0 Å². The number of benzene rings is 1. The molecule has 0 radical (unpaired) electrons. The van der Waals surface area contributed by atoms with Crippen molar-refractivity contribution in [2.45, 2.75) is 32.6 Å². The highest BCUT2D eigenvalue weighted by atomic mass is 16.4. The zero-order chi connectivity index (χ0) is 17.7. The Balaban J connectivity index is 2.02. The zero-order valence-corrected chi connectivity index (χ0v) is 13.3. The molecule has 2 rings (SSSR count). The number of nitrogens with one attached hydrogen (secondary N) is 1. The monoisotopic (exact) mass is 332 g/mol. The largest absolute Gasteiger partial charge is 0.550 e. The number of hydrogen-bond acceptors (Lipinski definition) is 6. The number of phenolic OH excluding ortho intramolecular Hbond substituents is 1. The highest BCUT2D eigenvalue weighted by Crippen LogP contribution is 2.23. The van der Waals surface area contributed by atoms with E-state index in [0.717, 1.165) is 0 Å². The molecule has 1 aromatic heterocycles. The summed E-state index contributed by atoms with van der Waals surface area (Å²) in [5, 5.41) is 23.0. The summed E-state index contributed by atoms with van der Waals surface area (Å²) in [6, 6.07) is 4.53. The number of rotatable bonds is 7. The lowest BCUT2D eigenvalue weighted by atomic mass is 10.0. The minimum atomic E-state index is -1.15. The van der Waals surface area contributed by atoms with Gasteiger partial charge in [0.1, 0.15) is 11.3 Å². The van der Waals surface area contributed by atoms with Gasteiger partial charge in [0.15, 0.2) is 0 Å². The summed E-state index contributed by atoms with van der Waals surface area (Å²) in [5.74, 6) is -1.41. The predicted molar refractivity (Wildman–Crippen MR) is 84.5 cm³/mol. The van der Waals surface area contributed by atoms with Crippen molar-refractivity contribution in [1.82, 2.24) is 5.32 Å². The van der Waals surface area contributed by atoms with Crippen LogP contribution in [0.1, 0.15) is 30.4 Å². The molecule has 0 unspecified atom stereocenters. The van der Waals surface area contributed by atoms with Gasteiger partial charge < -0.3 is 24.7 Å². The van der Waals surface area contributed by atoms with Crippen LogP contribution in [0.2, 0.25) is 0 Å². The van der Waals surface area contributed by atoms with E-state index in [0.29, 0.717) is 28.5 Å². The van der Waals surface area contributed by atoms with Crippen LogP contribution in [0, 0.1) is 6.92 Å². The summed E-state index contributed by atoms with van der Waals surface area (Å²) < 4.78 is 5.19. The van der Waals surface area contributed by atoms with Crippen LogP contribution < -0.4 is 16.0 Å². The Labute approximate surface area is 137 Å². The molecule has 1 aromatic carbocycles. The molecule has 0 aliphatic carbocycles. The number of hydrogen-bond donors (Lipinski definition) is 2. The van der Waals surface area contributed by atoms with Gasteiger partial charge in [0.25, 0.3) is 0 Å². The van der Waals surface area contributed by atoms with Crippen LogP contribution in [0.5, 0.6) is 5.75 Å². The molecule has 0 aliphatic rings. The van der Waals surface area contributed by atoms with Crippen LogP contribution in [0.4, 0.5) is 0 Å². The topological polar surface area (TPSA) is 120 Å². The average Bonchev–Trinajstić information content (AvgIpc) is 2.50. The van der Waals surface area contributed by atoms with E-state index < -0.39 is 11.6 Å². The second kappa shape index (κ2) is 7.63. The number of phenols is 1. The third-order valence-corrected chi connectivity index (χ3v) is 3.75. The van der Waals surface area contributed by atoms with Crippen molar-refractivity contribution in [2.75, 3.05) is 6.54 Å². The molecule has 2 N–H and O–H groups in total. The Morgan fingerprint density at radius 2 is 2.04 bits per heavy atom. The van der Waals surface area contributed by atoms with Gasteiger partial charge in [-0.3, -0.25) is 4.79 Å². The van der Waals surface area contributed by atoms with Gasteiger partial charge in [-0.05, 0) is 43.9 Å². The van der Waals surface area contributed by atoms with Crippen LogP contribution in [0.15, 0.2) is 27.4 Å². The number of amides is 1. The number of aromatic hydroxyl groups is 1. The number of carbonyl (C=O) groups excluding carboxylic acids is 2. The normalized spacial score (nSPS) is 10.7. The third kappa shape index (κ3) is 4.34. The molecular weight excluding hydrogens is 314 g/mol. The zero-order valence-electron chi connectivity index (χ0n) is 13.3. The van der Waals surface area contributed by atoms with Gasteiger partial charge in [0.05, 0.1) is 0 Å². The van der Waals surface area contributed by atoms with E-state index in [2.05, 4.69) is 5.32 Å². The summed E-state index contributed by atoms with van der Waals surface area (Å²) in [6.45, 7) is 2.01. The highest BCUT2D eigenvalue weighted by Gasteiger charge is 2.13. The Morgan fingerprint density at radius 3 is 2.75 bits per heavy atom. The quantitative estimate of drug-likeness (QED) is 0.559. The fourth-order valence-electron chi connectivity index (χ4n) is 2.46.